The lowest BCUT2D eigenvalue weighted by atomic mass is 9.87. The van der Waals surface area contributed by atoms with Crippen LogP contribution in [0.3, 0.4) is 0 Å². The highest BCUT2D eigenvalue weighted by atomic mass is 32.1. The molecule has 4 aliphatic rings. The van der Waals surface area contributed by atoms with Crippen LogP contribution in [0, 0.1) is 0 Å². The average Bonchev–Trinajstić information content (AvgIpc) is 3.86. The van der Waals surface area contributed by atoms with Crippen molar-refractivity contribution in [3.63, 3.8) is 0 Å². The smallest absolute Gasteiger partial charge is 0.151 e. The highest BCUT2D eigenvalue weighted by Crippen LogP contribution is 2.61. The molecule has 0 fully saturated rings. The Labute approximate surface area is 454 Å². The zero-order valence-corrected chi connectivity index (χ0v) is 43.4. The summed E-state index contributed by atoms with van der Waals surface area (Å²) in [6, 6.07) is 80.5. The number of thiophene rings is 2. The summed E-state index contributed by atoms with van der Waals surface area (Å²) >= 11 is 3.76. The topological polar surface area (TPSA) is 38.7 Å². The molecule has 5 aromatic heterocycles. The minimum absolute atomic E-state index is 0.0298. The second-order valence-corrected chi connectivity index (χ2v) is 23.4. The van der Waals surface area contributed by atoms with Gasteiger partial charge >= 0.3 is 0 Å². The van der Waals surface area contributed by atoms with Crippen molar-refractivity contribution in [2.45, 2.75) is 24.5 Å². The largest absolute Gasteiger partial charge is 0.483 e. The van der Waals surface area contributed by atoms with Gasteiger partial charge in [-0.15, -0.1) is 22.7 Å². The molecule has 0 spiro atoms. The first-order valence-corrected chi connectivity index (χ1v) is 28.5. The summed E-state index contributed by atoms with van der Waals surface area (Å²) in [5, 5.41) is 9.92. The van der Waals surface area contributed by atoms with E-state index >= 15 is 0 Å². The van der Waals surface area contributed by atoms with Gasteiger partial charge in [-0.1, -0.05) is 140 Å². The summed E-state index contributed by atoms with van der Waals surface area (Å²) in [6.07, 6.45) is 3.14. The number of anilines is 5. The number of rotatable bonds is 6. The van der Waals surface area contributed by atoms with Crippen LogP contribution >= 0.6 is 22.7 Å². The molecule has 3 aliphatic heterocycles. The quantitative estimate of drug-likeness (QED) is 0.166. The summed E-state index contributed by atoms with van der Waals surface area (Å²) in [6.45, 7) is 0. The SMILES string of the molecule is C1=C(N(c2ccccc2)c2cccc3c2sc2ccccc23)c2c3n(c4cc5c6c(N(c7ccccc7)c7cccc8c7sc7ccccc78)ccc7c6n(c5cc24)C2c4ccccc4OC72)-c2c(oc4ccccc24)C3C1. The molecule has 6 nitrogen and oxygen atoms in total. The molecule has 0 N–H and O–H groups in total. The average molecular weight is 1040 g/mol. The highest BCUT2D eigenvalue weighted by Gasteiger charge is 2.47. The number of hydrogen-bond acceptors (Lipinski definition) is 6. The fourth-order valence-corrected chi connectivity index (χ4v) is 16.8. The molecular formula is C70H42N4O2S2. The van der Waals surface area contributed by atoms with E-state index in [1.807, 2.05) is 22.7 Å². The predicted octanol–water partition coefficient (Wildman–Crippen LogP) is 19.8. The van der Waals surface area contributed by atoms with Gasteiger partial charge in [0, 0.05) is 86.2 Å². The number of benzene rings is 10. The van der Waals surface area contributed by atoms with Crippen LogP contribution in [0.4, 0.5) is 28.4 Å². The third-order valence-electron chi connectivity index (χ3n) is 17.5. The summed E-state index contributed by atoms with van der Waals surface area (Å²) in [5.74, 6) is 2.03. The lowest BCUT2D eigenvalue weighted by Gasteiger charge is -2.32. The van der Waals surface area contributed by atoms with E-state index in [1.165, 1.54) is 107 Å². The Balaban J connectivity index is 0.949. The Hall–Kier alpha value is -9.34. The number of para-hydroxylation sites is 4. The molecule has 10 aromatic carbocycles. The molecule has 78 heavy (non-hydrogen) atoms. The Kier molecular flexibility index (Phi) is 8.15. The van der Waals surface area contributed by atoms with Crippen molar-refractivity contribution < 1.29 is 9.15 Å². The third-order valence-corrected chi connectivity index (χ3v) is 19.9. The van der Waals surface area contributed by atoms with Gasteiger partial charge in [0.15, 0.2) is 6.10 Å². The van der Waals surface area contributed by atoms with E-state index in [0.29, 0.717) is 0 Å². The first-order chi connectivity index (χ1) is 38.7. The molecule has 8 heteroatoms. The third kappa shape index (κ3) is 5.31. The van der Waals surface area contributed by atoms with Crippen molar-refractivity contribution in [3.05, 3.63) is 253 Å². The zero-order valence-electron chi connectivity index (χ0n) is 41.7. The lowest BCUT2D eigenvalue weighted by Crippen LogP contribution is -2.19. The normalized spacial score (nSPS) is 16.7. The van der Waals surface area contributed by atoms with Crippen LogP contribution in [-0.2, 0) is 0 Å². The number of hydrogen-bond donors (Lipinski definition) is 0. The molecule has 15 aromatic rings. The summed E-state index contributed by atoms with van der Waals surface area (Å²) < 4.78 is 24.5. The molecule has 0 radical (unpaired) electrons. The molecule has 1 aliphatic carbocycles. The van der Waals surface area contributed by atoms with E-state index in [4.69, 9.17) is 9.15 Å². The molecule has 0 saturated carbocycles. The minimum Gasteiger partial charge on any atom is -0.483 e. The fourth-order valence-electron chi connectivity index (χ4n) is 14.4. The number of nitrogens with zero attached hydrogens (tertiary/aromatic N) is 4. The van der Waals surface area contributed by atoms with Crippen LogP contribution < -0.4 is 14.5 Å². The highest BCUT2D eigenvalue weighted by molar-refractivity contribution is 7.26. The molecule has 3 atom stereocenters. The van der Waals surface area contributed by atoms with Gasteiger partial charge in [0.2, 0.25) is 0 Å². The molecule has 0 saturated heterocycles. The van der Waals surface area contributed by atoms with Gasteiger partial charge in [0.25, 0.3) is 0 Å². The monoisotopic (exact) mass is 1030 g/mol. The molecule has 3 unspecified atom stereocenters. The summed E-state index contributed by atoms with van der Waals surface area (Å²) in [5.41, 5.74) is 17.6. The Morgan fingerprint density at radius 1 is 0.487 bits per heavy atom. The van der Waals surface area contributed by atoms with Crippen molar-refractivity contribution in [1.29, 1.82) is 0 Å². The van der Waals surface area contributed by atoms with Crippen molar-refractivity contribution in [3.8, 4) is 11.4 Å². The predicted molar refractivity (Wildman–Crippen MR) is 324 cm³/mol. The lowest BCUT2D eigenvalue weighted by molar-refractivity contribution is 0.213. The van der Waals surface area contributed by atoms with Crippen molar-refractivity contribution >= 4 is 141 Å². The number of fused-ring (bicyclic) bond motifs is 22. The summed E-state index contributed by atoms with van der Waals surface area (Å²) in [7, 11) is 0. The van der Waals surface area contributed by atoms with Crippen molar-refractivity contribution in [1.82, 2.24) is 9.13 Å². The van der Waals surface area contributed by atoms with Gasteiger partial charge in [0.05, 0.1) is 60.3 Å². The van der Waals surface area contributed by atoms with Gasteiger partial charge < -0.3 is 28.1 Å². The van der Waals surface area contributed by atoms with Crippen LogP contribution in [0.2, 0.25) is 0 Å². The molecule has 19 rings (SSSR count). The summed E-state index contributed by atoms with van der Waals surface area (Å²) in [4.78, 5) is 5.08. The molecule has 8 heterocycles. The van der Waals surface area contributed by atoms with Crippen LogP contribution in [0.5, 0.6) is 5.75 Å². The van der Waals surface area contributed by atoms with Crippen LogP contribution in [-0.4, -0.2) is 9.13 Å². The Bertz CT molecular complexity index is 5150. The van der Waals surface area contributed by atoms with Gasteiger partial charge in [-0.05, 0) is 91.3 Å². The van der Waals surface area contributed by atoms with Gasteiger partial charge in [-0.3, -0.25) is 0 Å². The van der Waals surface area contributed by atoms with Crippen LogP contribution in [0.25, 0.3) is 95.4 Å². The maximum atomic E-state index is 7.09. The maximum absolute atomic E-state index is 7.09. The molecule has 0 bridgehead atoms. The molecule has 0 amide bonds. The van der Waals surface area contributed by atoms with Gasteiger partial charge in [-0.2, -0.15) is 0 Å². The van der Waals surface area contributed by atoms with Crippen LogP contribution in [0.1, 0.15) is 52.6 Å². The number of ether oxygens (including phenoxy) is 1. The van der Waals surface area contributed by atoms with E-state index < -0.39 is 0 Å². The molecule has 366 valence electrons. The van der Waals surface area contributed by atoms with Crippen LogP contribution in [0.15, 0.2) is 229 Å². The first-order valence-electron chi connectivity index (χ1n) is 26.9. The molecular weight excluding hydrogens is 993 g/mol. The van der Waals surface area contributed by atoms with E-state index in [-0.39, 0.29) is 18.1 Å². The van der Waals surface area contributed by atoms with E-state index in [1.54, 1.807) is 0 Å². The van der Waals surface area contributed by atoms with Crippen molar-refractivity contribution in [2.24, 2.45) is 0 Å². The van der Waals surface area contributed by atoms with Gasteiger partial charge in [0.1, 0.15) is 23.1 Å². The van der Waals surface area contributed by atoms with E-state index in [2.05, 4.69) is 243 Å². The Morgan fingerprint density at radius 3 is 1.85 bits per heavy atom. The standard InChI is InChI=1S/C70H42N4O2S2/c1-3-17-39(18-4-1)71(53-27-15-25-43-41-21-9-13-31-59(41)77-69(43)53)51-35-33-47-63-61(51)49-37-56-50(38-55(49)73(63)65-45-23-7-11-29-57(45)75-67(47)65)62-52(36-34-48-64(62)74(56)66-46-24-8-12-30-58(46)76-68(48)66)72(40-19-5-2-6-20-40)54-28-16-26-44-42-22-10-14-32-60(42)78-70(44)54/h1-33,35-38,48,65,67H,34H2. The number of furan rings is 1. The zero-order chi connectivity index (χ0) is 50.5. The second-order valence-electron chi connectivity index (χ2n) is 21.3. The number of allylic oxidation sites excluding steroid dienone is 1. The van der Waals surface area contributed by atoms with E-state index in [9.17, 15) is 0 Å². The maximum Gasteiger partial charge on any atom is 0.151 e. The van der Waals surface area contributed by atoms with Gasteiger partial charge in [-0.25, -0.2) is 0 Å². The van der Waals surface area contributed by atoms with E-state index in [0.717, 1.165) is 57.3 Å². The fraction of sp³-hybridized carbons (Fsp3) is 0.0571. The second kappa shape index (κ2) is 15.2. The Morgan fingerprint density at radius 2 is 1.10 bits per heavy atom. The first kappa shape index (κ1) is 41.9. The minimum atomic E-state index is -0.169. The number of aromatic nitrogens is 2. The van der Waals surface area contributed by atoms with Crippen molar-refractivity contribution in [2.75, 3.05) is 9.80 Å².